The van der Waals surface area contributed by atoms with Gasteiger partial charge in [0.25, 0.3) is 16.0 Å². The number of phenols is 5. The van der Waals surface area contributed by atoms with E-state index in [0.29, 0.717) is 77.0 Å². The summed E-state index contributed by atoms with van der Waals surface area (Å²) in [7, 11) is -7.17. The molecule has 0 fully saturated rings. The van der Waals surface area contributed by atoms with Gasteiger partial charge in [-0.05, 0) is 171 Å². The summed E-state index contributed by atoms with van der Waals surface area (Å²) in [6.07, 6.45) is 8.91. The van der Waals surface area contributed by atoms with E-state index in [4.69, 9.17) is 87.6 Å². The molecule has 6 aromatic carbocycles. The number of hydrogen-bond donors (Lipinski definition) is 9. The number of nitrogen functional groups attached to an aromatic ring is 1. The van der Waals surface area contributed by atoms with Crippen molar-refractivity contribution in [3.8, 4) is 92.7 Å². The van der Waals surface area contributed by atoms with Gasteiger partial charge in [-0.25, -0.2) is 32.6 Å². The van der Waals surface area contributed by atoms with Crippen molar-refractivity contribution in [1.82, 2.24) is 46.2 Å². The summed E-state index contributed by atoms with van der Waals surface area (Å²) < 4.78 is 95.6. The van der Waals surface area contributed by atoms with Crippen LogP contribution in [-0.4, -0.2) is 141 Å². The lowest BCUT2D eigenvalue weighted by atomic mass is 10.2. The fourth-order valence-electron chi connectivity index (χ4n) is 6.08. The van der Waals surface area contributed by atoms with Gasteiger partial charge in [0, 0.05) is 40.3 Å². The summed E-state index contributed by atoms with van der Waals surface area (Å²) >= 11 is 6.65. The molecule has 0 spiro atoms. The van der Waals surface area contributed by atoms with Crippen LogP contribution in [0.2, 0.25) is 0 Å². The maximum absolute atomic E-state index is 11.3. The lowest BCUT2D eigenvalue weighted by molar-refractivity contribution is 0.0526. The van der Waals surface area contributed by atoms with E-state index in [0.717, 1.165) is 23.6 Å². The average Bonchev–Trinajstić information content (AvgIpc) is 1.85. The van der Waals surface area contributed by atoms with Gasteiger partial charge < -0.3 is 57.4 Å². The van der Waals surface area contributed by atoms with E-state index in [1.54, 1.807) is 91.9 Å². The Morgan fingerprint density at radius 2 is 1.04 bits per heavy atom. The lowest BCUT2D eigenvalue weighted by Crippen LogP contribution is -2.29. The van der Waals surface area contributed by atoms with Crippen LogP contribution >= 0.6 is 43.8 Å². The average molecular weight is 1360 g/mol. The molecule has 10 rings (SSSR count). The summed E-state index contributed by atoms with van der Waals surface area (Å²) in [6.45, 7) is 3.13. The summed E-state index contributed by atoms with van der Waals surface area (Å²) in [6, 6.07) is 37.7. The Kier molecular flexibility index (Phi) is 29.8. The molecule has 0 aliphatic carbocycles. The zero-order valence-electron chi connectivity index (χ0n) is 48.9. The normalized spacial score (nSPS) is 10.5. The molecule has 10 aromatic rings. The smallest absolute Gasteiger partial charge is 0.338 e. The second kappa shape index (κ2) is 37.8. The first-order chi connectivity index (χ1) is 43.9. The van der Waals surface area contributed by atoms with Crippen molar-refractivity contribution in [2.75, 3.05) is 45.2 Å². The first-order valence-electron chi connectivity index (χ1n) is 25.7. The van der Waals surface area contributed by atoms with Crippen molar-refractivity contribution in [1.29, 1.82) is 1.12 Å². The lowest BCUT2D eigenvalue weighted by Gasteiger charge is -2.06. The van der Waals surface area contributed by atoms with Crippen molar-refractivity contribution in [3.63, 3.8) is 0 Å². The number of H-pyrrole nitrogens is 1. The minimum Gasteiger partial charge on any atom is -0.508 e. The van der Waals surface area contributed by atoms with Crippen LogP contribution in [-0.2, 0) is 33.7 Å². The van der Waals surface area contributed by atoms with Crippen LogP contribution in [0.25, 0.3) is 45.8 Å². The molecule has 0 aliphatic rings. The SMILES string of the molecule is C#CCOCCOc1ccc(-c2nnc(S(C)(=O)=O)o2)cc1.CCOC(=O)c1ccc(O)cc1.CS(=O)(=O)c1nnc(-c2ccc(O)cc2)o1.CSc1nnc(-c2ccc(O)cc2)o1.NNC(=O)c1ccc(O)cc1.Oc1ccc(-c2n[nH]c(=S)o2)cc1.[2H]SP=O. The number of thiol groups is 1. The van der Waals surface area contributed by atoms with Gasteiger partial charge >= 0.3 is 16.4 Å². The van der Waals surface area contributed by atoms with Crippen molar-refractivity contribution < 1.29 is 88.4 Å². The van der Waals surface area contributed by atoms with E-state index in [-0.39, 0.29) is 71.5 Å². The number of amides is 1. The van der Waals surface area contributed by atoms with Crippen LogP contribution in [0.1, 0.15) is 27.6 Å². The Morgan fingerprint density at radius 1 is 0.648 bits per heavy atom. The number of terminal acetylenes is 1. The van der Waals surface area contributed by atoms with Gasteiger partial charge in [0.1, 0.15) is 48.8 Å². The number of rotatable bonds is 16. The number of hydrazine groups is 1. The van der Waals surface area contributed by atoms with Crippen molar-refractivity contribution >= 4 is 75.3 Å². The molecule has 29 nitrogen and oxygen atoms in total. The minimum absolute atomic E-state index is 0.0976. The number of aromatic hydroxyl groups is 5. The van der Waals surface area contributed by atoms with Crippen LogP contribution in [0.15, 0.2) is 179 Å². The summed E-state index contributed by atoms with van der Waals surface area (Å²) in [4.78, 5) is 22.1. The van der Waals surface area contributed by atoms with Crippen LogP contribution in [0, 0.1) is 17.2 Å². The van der Waals surface area contributed by atoms with Crippen molar-refractivity contribution in [3.05, 3.63) is 162 Å². The standard InChI is InChI=1S/C14H14N2O5S.C9H8N2O4S.C9H8N2O2S.C9H10O3.C8H6N2O2S.C7H8N2O2.HOPS/c1-3-8-19-9-10-20-12-6-4-11(5-7-12)13-15-16-14(21-13)22(2,17)18;1-16(13,14)9-11-10-8(15-9)6-2-4-7(12)5-3-6;1-14-9-11-10-8(13-9)6-2-4-7(12)5-3-6;1-2-12-9(11)7-3-5-8(10)6-4-7;11-6-3-1-5(2-4-6)7-9-10-8(13)12-7;8-9-7(11)5-1-3-6(10)4-2-5;1-2-3/h1,4-7H,8-10H2,2H3;2-5,12H,1H3;2-5,12H,1H3;3-6,10H,2H2,1H3;1-4,11H,(H,10,13);1-4,10H,8H2,(H,9,11);(H,1,3)/i/hD. The van der Waals surface area contributed by atoms with Crippen LogP contribution in [0.3, 0.4) is 0 Å². The maximum atomic E-state index is 11.3. The van der Waals surface area contributed by atoms with Gasteiger partial charge in [0.15, 0.2) is 0 Å². The van der Waals surface area contributed by atoms with E-state index >= 15 is 0 Å². The molecule has 35 heteroatoms. The number of sulfone groups is 2. The number of carbonyl (C=O) groups is 2. The van der Waals surface area contributed by atoms with Gasteiger partial charge in [-0.1, -0.05) is 40.0 Å². The third-order valence-electron chi connectivity index (χ3n) is 10.2. The monoisotopic (exact) mass is 1360 g/mol. The fourth-order valence-corrected chi connectivity index (χ4v) is 7.33. The first kappa shape index (κ1) is 71.8. The summed E-state index contributed by atoms with van der Waals surface area (Å²) in [5.41, 5.74) is 5.56. The Balaban J connectivity index is 0.000000236. The molecule has 4 heterocycles. The molecule has 0 unspecified atom stereocenters. The number of carbonyl (C=O) groups excluding carboxylic acids is 2. The highest BCUT2D eigenvalue weighted by molar-refractivity contribution is 8.33. The highest BCUT2D eigenvalue weighted by atomic mass is 32.7. The molecular formula is C56H55N10O19PS5. The number of nitrogens with one attached hydrogen (secondary N) is 2. The van der Waals surface area contributed by atoms with Gasteiger partial charge in [-0.3, -0.25) is 14.8 Å². The Labute approximate surface area is 536 Å². The van der Waals surface area contributed by atoms with Gasteiger partial charge in [0.05, 0.1) is 18.8 Å². The largest absolute Gasteiger partial charge is 0.508 e. The number of benzene rings is 6. The van der Waals surface area contributed by atoms with Gasteiger partial charge in [-0.2, -0.15) is 0 Å². The predicted octanol–water partition coefficient (Wildman–Crippen LogP) is 8.97. The number of phenolic OH excluding ortho intramolecular Hbond substituents is 5. The Morgan fingerprint density at radius 3 is 1.40 bits per heavy atom. The minimum atomic E-state index is -3.51. The molecule has 0 saturated carbocycles. The van der Waals surface area contributed by atoms with Gasteiger partial charge in [-0.15, -0.1) is 31.9 Å². The first-order valence-corrected chi connectivity index (χ1v) is 32.5. The molecular weight excluding hydrogens is 1310 g/mol. The van der Waals surface area contributed by atoms with Crippen LogP contribution in [0.4, 0.5) is 0 Å². The zero-order valence-corrected chi connectivity index (χ0v) is 52.9. The molecule has 91 heavy (non-hydrogen) atoms. The third kappa shape index (κ3) is 26.3. The van der Waals surface area contributed by atoms with E-state index in [1.165, 1.54) is 72.4 Å². The molecule has 0 saturated heterocycles. The predicted molar refractivity (Wildman–Crippen MR) is 335 cm³/mol. The molecule has 4 aromatic heterocycles. The van der Waals surface area contributed by atoms with E-state index in [1.807, 2.05) is 11.7 Å². The number of thioether (sulfide) groups is 1. The van der Waals surface area contributed by atoms with Crippen LogP contribution < -0.4 is 16.0 Å². The summed E-state index contributed by atoms with van der Waals surface area (Å²) in [5.74, 6) is 9.05. The van der Waals surface area contributed by atoms with E-state index < -0.39 is 30.1 Å². The number of hydrogen-bond acceptors (Lipinski definition) is 30. The number of nitrogens with zero attached hydrogens (tertiary/aromatic N) is 7. The van der Waals surface area contributed by atoms with E-state index in [9.17, 15) is 26.4 Å². The van der Waals surface area contributed by atoms with E-state index in [2.05, 4.69) is 46.7 Å². The highest BCUT2D eigenvalue weighted by Gasteiger charge is 2.19. The Bertz CT molecular complexity index is 4210. The number of ether oxygens (including phenoxy) is 3. The van der Waals surface area contributed by atoms with Crippen LogP contribution in [0.5, 0.6) is 34.5 Å². The fraction of sp³-hybridized carbons (Fsp3) is 0.143. The van der Waals surface area contributed by atoms with Crippen molar-refractivity contribution in [2.45, 2.75) is 22.6 Å². The molecule has 1 amide bonds. The molecule has 9 N–H and O–H groups in total. The number of aromatic nitrogens is 8. The highest BCUT2D eigenvalue weighted by Crippen LogP contribution is 2.26. The number of esters is 1. The topological polar surface area (TPSA) is 445 Å². The maximum Gasteiger partial charge on any atom is 0.338 e. The Hall–Kier alpha value is -9.98. The molecule has 0 atom stereocenters. The van der Waals surface area contributed by atoms with Crippen molar-refractivity contribution in [2.24, 2.45) is 5.84 Å². The quantitative estimate of drug-likeness (QED) is 0.00416. The molecule has 0 aliphatic heterocycles. The molecule has 0 bridgehead atoms. The number of aromatic amines is 1. The zero-order chi connectivity index (χ0) is 67.6. The third-order valence-corrected chi connectivity index (χ3v) is 12.5. The summed E-state index contributed by atoms with van der Waals surface area (Å²) in [5, 5.41) is 72.9. The number of nitrogens with two attached hydrogens (primary N) is 1. The second-order valence-corrected chi connectivity index (χ2v) is 22.4. The second-order valence-electron chi connectivity index (χ2n) is 16.9. The molecule has 478 valence electrons. The van der Waals surface area contributed by atoms with Gasteiger partial charge in [0.2, 0.25) is 50.9 Å². The molecule has 0 radical (unpaired) electrons.